The number of aromatic nitrogens is 2. The molecule has 0 aliphatic carbocycles. The molecule has 1 fully saturated rings. The number of rotatable bonds is 10. The second-order valence-corrected chi connectivity index (χ2v) is 11.6. The first kappa shape index (κ1) is 30.9. The van der Waals surface area contributed by atoms with Crippen LogP contribution >= 0.6 is 0 Å². The van der Waals surface area contributed by atoms with Gasteiger partial charge in [0.1, 0.15) is 17.5 Å². The Balaban J connectivity index is 1.47. The summed E-state index contributed by atoms with van der Waals surface area (Å²) >= 11 is 0. The lowest BCUT2D eigenvalue weighted by molar-refractivity contribution is -0.145. The summed E-state index contributed by atoms with van der Waals surface area (Å²) in [5.41, 5.74) is 4.68. The summed E-state index contributed by atoms with van der Waals surface area (Å²) in [7, 11) is 4.18. The summed E-state index contributed by atoms with van der Waals surface area (Å²) < 4.78 is 5.56. The van der Waals surface area contributed by atoms with Crippen LogP contribution in [0.5, 0.6) is 0 Å². The van der Waals surface area contributed by atoms with Gasteiger partial charge in [0.05, 0.1) is 0 Å². The smallest absolute Gasteiger partial charge is 0.247 e. The van der Waals surface area contributed by atoms with Crippen LogP contribution in [0.4, 0.5) is 0 Å². The molecule has 44 heavy (non-hydrogen) atoms. The van der Waals surface area contributed by atoms with Crippen molar-refractivity contribution in [2.24, 2.45) is 0 Å². The largest absolute Gasteiger partial charge is 0.446 e. The number of hydrogen-bond acceptors (Lipinski definition) is 6. The zero-order valence-corrected chi connectivity index (χ0v) is 26.0. The van der Waals surface area contributed by atoms with E-state index >= 15 is 0 Å². The van der Waals surface area contributed by atoms with Crippen LogP contribution in [-0.2, 0) is 22.6 Å². The van der Waals surface area contributed by atoms with Crippen LogP contribution in [0.15, 0.2) is 89.6 Å². The van der Waals surface area contributed by atoms with Crippen LogP contribution in [0.3, 0.4) is 0 Å². The lowest BCUT2D eigenvalue weighted by atomic mass is 9.98. The summed E-state index contributed by atoms with van der Waals surface area (Å²) in [5, 5.41) is 0. The van der Waals surface area contributed by atoms with Crippen molar-refractivity contribution in [2.45, 2.75) is 51.7 Å². The van der Waals surface area contributed by atoms with Crippen molar-refractivity contribution in [1.82, 2.24) is 24.7 Å². The molecule has 1 aliphatic heterocycles. The van der Waals surface area contributed by atoms with Crippen molar-refractivity contribution in [2.75, 3.05) is 27.2 Å². The molecule has 228 valence electrons. The lowest BCUT2D eigenvalue weighted by Gasteiger charge is -2.39. The maximum Gasteiger partial charge on any atom is 0.247 e. The first-order chi connectivity index (χ1) is 21.3. The van der Waals surface area contributed by atoms with Gasteiger partial charge in [-0.05, 0) is 74.3 Å². The molecule has 8 nitrogen and oxygen atoms in total. The topological polar surface area (TPSA) is 82.8 Å². The summed E-state index contributed by atoms with van der Waals surface area (Å²) in [6.45, 7) is 5.23. The van der Waals surface area contributed by atoms with Gasteiger partial charge in [0.25, 0.3) is 0 Å². The normalized spacial score (nSPS) is 14.7. The zero-order valence-electron chi connectivity index (χ0n) is 26.0. The highest BCUT2D eigenvalue weighted by atomic mass is 16.4. The van der Waals surface area contributed by atoms with E-state index < -0.39 is 6.04 Å². The Morgan fingerprint density at radius 3 is 2.20 bits per heavy atom. The van der Waals surface area contributed by atoms with Crippen molar-refractivity contribution in [3.8, 4) is 11.1 Å². The second-order valence-electron chi connectivity index (χ2n) is 11.6. The first-order valence-corrected chi connectivity index (χ1v) is 15.2. The van der Waals surface area contributed by atoms with E-state index in [0.29, 0.717) is 42.9 Å². The summed E-state index contributed by atoms with van der Waals surface area (Å²) in [5.74, 6) is 0.917. The Kier molecular flexibility index (Phi) is 10.0. The molecule has 1 aliphatic rings. The van der Waals surface area contributed by atoms with Gasteiger partial charge in [-0.25, -0.2) is 4.98 Å². The van der Waals surface area contributed by atoms with E-state index in [1.807, 2.05) is 78.6 Å². The third kappa shape index (κ3) is 7.68. The fourth-order valence-corrected chi connectivity index (χ4v) is 5.81. The molecule has 4 aromatic rings. The van der Waals surface area contributed by atoms with Gasteiger partial charge in [-0.2, -0.15) is 0 Å². The molecule has 0 radical (unpaired) electrons. The van der Waals surface area contributed by atoms with E-state index in [4.69, 9.17) is 4.42 Å². The van der Waals surface area contributed by atoms with Gasteiger partial charge in [-0.3, -0.25) is 14.6 Å². The number of benzene rings is 2. The lowest BCUT2D eigenvalue weighted by Crippen LogP contribution is -2.54. The third-order valence-electron chi connectivity index (χ3n) is 8.37. The molecule has 8 heteroatoms. The minimum Gasteiger partial charge on any atom is -0.446 e. The monoisotopic (exact) mass is 591 g/mol. The van der Waals surface area contributed by atoms with Gasteiger partial charge in [0, 0.05) is 57.5 Å². The number of amides is 2. The van der Waals surface area contributed by atoms with Gasteiger partial charge in [-0.15, -0.1) is 0 Å². The van der Waals surface area contributed by atoms with Gasteiger partial charge in [0.15, 0.2) is 5.89 Å². The average Bonchev–Trinajstić information content (AvgIpc) is 3.38. The Morgan fingerprint density at radius 2 is 1.59 bits per heavy atom. The predicted octanol–water partition coefficient (Wildman–Crippen LogP) is 5.56. The number of carbonyl (C=O) groups excluding carboxylic acids is 2. The highest BCUT2D eigenvalue weighted by molar-refractivity contribution is 5.95. The minimum atomic E-state index is -0.675. The van der Waals surface area contributed by atoms with Crippen molar-refractivity contribution in [3.63, 3.8) is 0 Å². The van der Waals surface area contributed by atoms with Gasteiger partial charge in [0.2, 0.25) is 11.8 Å². The van der Waals surface area contributed by atoms with E-state index in [0.717, 1.165) is 35.1 Å². The number of likely N-dealkylation sites (tertiary alicyclic amines) is 1. The quantitative estimate of drug-likeness (QED) is 0.225. The standard InChI is InChI=1S/C36H41N5O3/c1-26-33(38-27(2)44-26)14-15-35(42)41(25-29-10-12-30(13-11-29)31-16-20-37-21-17-31)34(24-28-8-6-5-7-9-28)36(43)40-22-18-32(19-23-40)39(3)4/h5-17,20-21,32,34H,18-19,22-25H2,1-4H3/b15-14+/t34-/m0/s1. The Morgan fingerprint density at radius 1 is 0.932 bits per heavy atom. The third-order valence-corrected chi connectivity index (χ3v) is 8.37. The Bertz CT molecular complexity index is 1560. The second kappa shape index (κ2) is 14.3. The van der Waals surface area contributed by atoms with Crippen LogP contribution in [0.25, 0.3) is 17.2 Å². The van der Waals surface area contributed by atoms with Gasteiger partial charge < -0.3 is 19.1 Å². The van der Waals surface area contributed by atoms with E-state index in [1.54, 1.807) is 30.3 Å². The van der Waals surface area contributed by atoms with Crippen LogP contribution in [0.1, 0.15) is 41.3 Å². The number of aryl methyl sites for hydroxylation is 2. The minimum absolute atomic E-state index is 0.0188. The number of carbonyl (C=O) groups is 2. The Labute approximate surface area is 260 Å². The SMILES string of the molecule is Cc1nc(/C=C/C(=O)N(Cc2ccc(-c3ccncc3)cc2)[C@@H](Cc2ccccc2)C(=O)N2CCC(N(C)C)CC2)c(C)o1. The molecular weight excluding hydrogens is 550 g/mol. The average molecular weight is 592 g/mol. The van der Waals surface area contributed by atoms with E-state index in [2.05, 4.69) is 29.0 Å². The highest BCUT2D eigenvalue weighted by Gasteiger charge is 2.34. The number of piperidine rings is 1. The number of hydrogen-bond donors (Lipinski definition) is 0. The van der Waals surface area contributed by atoms with Crippen molar-refractivity contribution in [3.05, 3.63) is 114 Å². The molecule has 3 heterocycles. The molecule has 1 saturated heterocycles. The van der Waals surface area contributed by atoms with E-state index in [9.17, 15) is 9.59 Å². The van der Waals surface area contributed by atoms with Crippen LogP contribution in [0.2, 0.25) is 0 Å². The van der Waals surface area contributed by atoms with Crippen LogP contribution in [0, 0.1) is 13.8 Å². The summed E-state index contributed by atoms with van der Waals surface area (Å²) in [4.78, 5) is 42.8. The molecule has 0 unspecified atom stereocenters. The van der Waals surface area contributed by atoms with Gasteiger partial charge in [-0.1, -0.05) is 54.6 Å². The molecule has 0 bridgehead atoms. The molecule has 0 N–H and O–H groups in total. The van der Waals surface area contributed by atoms with Gasteiger partial charge >= 0.3 is 0 Å². The molecule has 2 aromatic heterocycles. The molecule has 5 rings (SSSR count). The van der Waals surface area contributed by atoms with Crippen LogP contribution < -0.4 is 0 Å². The number of nitrogens with zero attached hydrogens (tertiary/aromatic N) is 5. The summed E-state index contributed by atoms with van der Waals surface area (Å²) in [6.07, 6.45) is 8.98. The zero-order chi connectivity index (χ0) is 31.1. The molecule has 2 aromatic carbocycles. The van der Waals surface area contributed by atoms with E-state index in [-0.39, 0.29) is 18.4 Å². The van der Waals surface area contributed by atoms with E-state index in [1.165, 1.54) is 6.08 Å². The molecule has 2 amide bonds. The maximum absolute atomic E-state index is 14.3. The molecule has 0 saturated carbocycles. The van der Waals surface area contributed by atoms with Crippen LogP contribution in [-0.4, -0.2) is 75.8 Å². The number of oxazole rings is 1. The highest BCUT2D eigenvalue weighted by Crippen LogP contribution is 2.23. The molecule has 1 atom stereocenters. The first-order valence-electron chi connectivity index (χ1n) is 15.2. The molecule has 0 spiro atoms. The summed E-state index contributed by atoms with van der Waals surface area (Å²) in [6, 6.07) is 21.8. The number of pyridine rings is 1. The molecular formula is C36H41N5O3. The fourth-order valence-electron chi connectivity index (χ4n) is 5.81. The predicted molar refractivity (Wildman–Crippen MR) is 172 cm³/mol. The van der Waals surface area contributed by atoms with Crippen molar-refractivity contribution < 1.29 is 14.0 Å². The fraction of sp³-hybridized carbons (Fsp3) is 0.333. The maximum atomic E-state index is 14.3. The van der Waals surface area contributed by atoms with Crippen molar-refractivity contribution >= 4 is 17.9 Å². The van der Waals surface area contributed by atoms with Crippen molar-refractivity contribution in [1.29, 1.82) is 0 Å². The Hall–Kier alpha value is -4.56.